The van der Waals surface area contributed by atoms with Crippen molar-refractivity contribution in [1.29, 1.82) is 0 Å². The Kier molecular flexibility index (Phi) is 4.60. The standard InChI is InChI=1S/C21H16N2O/c22-19-8-4-5-9-20(19)23-21(24)18-14-12-17(13-15-18)11-10-16-6-2-1-3-7-16/h1-9,12-15H,22H2,(H,23,24). The molecule has 0 radical (unpaired) electrons. The van der Waals surface area contributed by atoms with E-state index >= 15 is 0 Å². The van der Waals surface area contributed by atoms with Crippen LogP contribution < -0.4 is 11.1 Å². The first kappa shape index (κ1) is 15.4. The highest BCUT2D eigenvalue weighted by Crippen LogP contribution is 2.17. The number of carbonyl (C=O) groups excluding carboxylic acids is 1. The molecule has 3 N–H and O–H groups in total. The predicted octanol–water partition coefficient (Wildman–Crippen LogP) is 3.92. The monoisotopic (exact) mass is 312 g/mol. The van der Waals surface area contributed by atoms with Crippen molar-refractivity contribution >= 4 is 17.3 Å². The van der Waals surface area contributed by atoms with E-state index in [1.165, 1.54) is 0 Å². The highest BCUT2D eigenvalue weighted by atomic mass is 16.1. The van der Waals surface area contributed by atoms with Crippen molar-refractivity contribution < 1.29 is 4.79 Å². The van der Waals surface area contributed by atoms with Crippen molar-refractivity contribution in [2.45, 2.75) is 0 Å². The lowest BCUT2D eigenvalue weighted by Gasteiger charge is -2.07. The van der Waals surface area contributed by atoms with Gasteiger partial charge in [-0.1, -0.05) is 42.2 Å². The summed E-state index contributed by atoms with van der Waals surface area (Å²) in [5, 5.41) is 2.80. The molecule has 0 unspecified atom stereocenters. The Morgan fingerprint density at radius 1 is 0.750 bits per heavy atom. The van der Waals surface area contributed by atoms with Crippen LogP contribution >= 0.6 is 0 Å². The summed E-state index contributed by atoms with van der Waals surface area (Å²) < 4.78 is 0. The summed E-state index contributed by atoms with van der Waals surface area (Å²) >= 11 is 0. The minimum atomic E-state index is -0.199. The quantitative estimate of drug-likeness (QED) is 0.556. The zero-order chi connectivity index (χ0) is 16.8. The third-order valence-corrected chi connectivity index (χ3v) is 3.48. The maximum atomic E-state index is 12.3. The summed E-state index contributed by atoms with van der Waals surface area (Å²) in [6.45, 7) is 0. The second-order valence-corrected chi connectivity index (χ2v) is 5.23. The maximum absolute atomic E-state index is 12.3. The minimum Gasteiger partial charge on any atom is -0.397 e. The van der Waals surface area contributed by atoms with Gasteiger partial charge in [-0.05, 0) is 48.5 Å². The van der Waals surface area contributed by atoms with Crippen LogP contribution in [0.1, 0.15) is 21.5 Å². The van der Waals surface area contributed by atoms with E-state index in [0.717, 1.165) is 11.1 Å². The normalized spacial score (nSPS) is 9.67. The average Bonchev–Trinajstić information content (AvgIpc) is 2.63. The highest BCUT2D eigenvalue weighted by molar-refractivity contribution is 6.05. The van der Waals surface area contributed by atoms with Crippen molar-refractivity contribution in [3.05, 3.63) is 95.6 Å². The molecule has 3 aromatic carbocycles. The van der Waals surface area contributed by atoms with Crippen LogP contribution in [-0.4, -0.2) is 5.91 Å². The van der Waals surface area contributed by atoms with Crippen LogP contribution in [0.15, 0.2) is 78.9 Å². The zero-order valence-corrected chi connectivity index (χ0v) is 13.0. The molecule has 116 valence electrons. The number of nitrogen functional groups attached to an aromatic ring is 1. The van der Waals surface area contributed by atoms with Gasteiger partial charge in [0.25, 0.3) is 5.91 Å². The summed E-state index contributed by atoms with van der Waals surface area (Å²) in [7, 11) is 0. The molecule has 0 saturated heterocycles. The SMILES string of the molecule is Nc1ccccc1NC(=O)c1ccc(C#Cc2ccccc2)cc1. The summed E-state index contributed by atoms with van der Waals surface area (Å²) in [6.07, 6.45) is 0. The maximum Gasteiger partial charge on any atom is 0.255 e. The molecule has 0 aliphatic heterocycles. The molecule has 0 aromatic heterocycles. The Labute approximate surface area is 141 Å². The Morgan fingerprint density at radius 3 is 2.00 bits per heavy atom. The number of rotatable bonds is 2. The molecule has 0 aliphatic carbocycles. The topological polar surface area (TPSA) is 55.1 Å². The van der Waals surface area contributed by atoms with E-state index in [1.54, 1.807) is 24.3 Å². The van der Waals surface area contributed by atoms with Crippen LogP contribution in [0.3, 0.4) is 0 Å². The van der Waals surface area contributed by atoms with Crippen LogP contribution in [0.25, 0.3) is 0 Å². The molecule has 0 spiro atoms. The molecule has 3 heteroatoms. The van der Waals surface area contributed by atoms with E-state index in [-0.39, 0.29) is 5.91 Å². The number of para-hydroxylation sites is 2. The van der Waals surface area contributed by atoms with Gasteiger partial charge in [-0.3, -0.25) is 4.79 Å². The molecule has 1 amide bonds. The number of nitrogens with two attached hydrogens (primary N) is 1. The first-order chi connectivity index (χ1) is 11.7. The summed E-state index contributed by atoms with van der Waals surface area (Å²) in [5.74, 6) is 5.98. The van der Waals surface area contributed by atoms with E-state index in [9.17, 15) is 4.79 Å². The molecular weight excluding hydrogens is 296 g/mol. The molecule has 0 heterocycles. The van der Waals surface area contributed by atoms with Gasteiger partial charge >= 0.3 is 0 Å². The zero-order valence-electron chi connectivity index (χ0n) is 13.0. The first-order valence-corrected chi connectivity index (χ1v) is 7.55. The van der Waals surface area contributed by atoms with Gasteiger partial charge in [0, 0.05) is 16.7 Å². The number of hydrogen-bond acceptors (Lipinski definition) is 2. The fourth-order valence-electron chi connectivity index (χ4n) is 2.18. The van der Waals surface area contributed by atoms with Gasteiger partial charge in [0.15, 0.2) is 0 Å². The Morgan fingerprint density at radius 2 is 1.33 bits per heavy atom. The van der Waals surface area contributed by atoms with E-state index in [2.05, 4.69) is 17.2 Å². The van der Waals surface area contributed by atoms with E-state index in [0.29, 0.717) is 16.9 Å². The largest absolute Gasteiger partial charge is 0.397 e. The number of carbonyl (C=O) groups is 1. The Bertz CT molecular complexity index is 904. The Balaban J connectivity index is 1.72. The fraction of sp³-hybridized carbons (Fsp3) is 0. The van der Waals surface area contributed by atoms with Crippen molar-refractivity contribution in [2.24, 2.45) is 0 Å². The van der Waals surface area contributed by atoms with Crippen molar-refractivity contribution in [2.75, 3.05) is 11.1 Å². The van der Waals surface area contributed by atoms with Gasteiger partial charge in [0.05, 0.1) is 11.4 Å². The third kappa shape index (κ3) is 3.82. The average molecular weight is 312 g/mol. The predicted molar refractivity (Wildman–Crippen MR) is 97.7 cm³/mol. The van der Waals surface area contributed by atoms with Crippen LogP contribution in [0.5, 0.6) is 0 Å². The van der Waals surface area contributed by atoms with Crippen LogP contribution in [-0.2, 0) is 0 Å². The highest BCUT2D eigenvalue weighted by Gasteiger charge is 2.07. The van der Waals surface area contributed by atoms with E-state index < -0.39 is 0 Å². The van der Waals surface area contributed by atoms with Crippen LogP contribution in [0.2, 0.25) is 0 Å². The molecule has 0 aliphatic rings. The summed E-state index contributed by atoms with van der Waals surface area (Å²) in [4.78, 5) is 12.3. The lowest BCUT2D eigenvalue weighted by molar-refractivity contribution is 0.102. The van der Waals surface area contributed by atoms with Gasteiger partial charge in [-0.25, -0.2) is 0 Å². The van der Waals surface area contributed by atoms with Gasteiger partial charge < -0.3 is 11.1 Å². The van der Waals surface area contributed by atoms with Gasteiger partial charge in [0.2, 0.25) is 0 Å². The van der Waals surface area contributed by atoms with Gasteiger partial charge in [0.1, 0.15) is 0 Å². The van der Waals surface area contributed by atoms with Gasteiger partial charge in [-0.15, -0.1) is 0 Å². The Hall–Kier alpha value is -3.51. The number of benzene rings is 3. The lowest BCUT2D eigenvalue weighted by atomic mass is 10.1. The van der Waals surface area contributed by atoms with Gasteiger partial charge in [-0.2, -0.15) is 0 Å². The fourth-order valence-corrected chi connectivity index (χ4v) is 2.18. The molecule has 0 bridgehead atoms. The molecule has 0 atom stereocenters. The van der Waals surface area contributed by atoms with Crippen LogP contribution in [0.4, 0.5) is 11.4 Å². The molecule has 3 aromatic rings. The molecule has 24 heavy (non-hydrogen) atoms. The first-order valence-electron chi connectivity index (χ1n) is 7.55. The molecule has 3 rings (SSSR count). The number of hydrogen-bond donors (Lipinski definition) is 2. The number of nitrogens with one attached hydrogen (secondary N) is 1. The van der Waals surface area contributed by atoms with Crippen LogP contribution in [0, 0.1) is 11.8 Å². The molecule has 0 fully saturated rings. The van der Waals surface area contributed by atoms with E-state index in [1.807, 2.05) is 54.6 Å². The third-order valence-electron chi connectivity index (χ3n) is 3.48. The summed E-state index contributed by atoms with van der Waals surface area (Å²) in [6, 6.07) is 24.1. The van der Waals surface area contributed by atoms with Crippen molar-refractivity contribution in [3.8, 4) is 11.8 Å². The number of anilines is 2. The molecule has 0 saturated carbocycles. The molecular formula is C21H16N2O. The second kappa shape index (κ2) is 7.17. The summed E-state index contributed by atoms with van der Waals surface area (Å²) in [5.41, 5.74) is 9.35. The lowest BCUT2D eigenvalue weighted by Crippen LogP contribution is -2.13. The minimum absolute atomic E-state index is 0.199. The smallest absolute Gasteiger partial charge is 0.255 e. The molecule has 3 nitrogen and oxygen atoms in total. The second-order valence-electron chi connectivity index (χ2n) is 5.23. The van der Waals surface area contributed by atoms with Crippen molar-refractivity contribution in [3.63, 3.8) is 0 Å². The number of amides is 1. The van der Waals surface area contributed by atoms with Crippen molar-refractivity contribution in [1.82, 2.24) is 0 Å². The van der Waals surface area contributed by atoms with E-state index in [4.69, 9.17) is 5.73 Å².